The topological polar surface area (TPSA) is 62.3 Å². The molecule has 3 aliphatic rings. The smallest absolute Gasteiger partial charge is 0.244 e. The number of rotatable bonds is 3. The number of nitrogens with one attached hydrogen (secondary N) is 1. The molecule has 2 fully saturated rings. The highest BCUT2D eigenvalue weighted by Gasteiger charge is 2.60. The summed E-state index contributed by atoms with van der Waals surface area (Å²) in [6, 6.07) is 13.8. The average molecular weight is 554 g/mol. The van der Waals surface area contributed by atoms with Gasteiger partial charge in [0.15, 0.2) is 0 Å². The molecule has 1 saturated carbocycles. The second-order valence-electron chi connectivity index (χ2n) is 9.90. The second kappa shape index (κ2) is 8.52. The van der Waals surface area contributed by atoms with Crippen molar-refractivity contribution in [1.29, 1.82) is 0 Å². The summed E-state index contributed by atoms with van der Waals surface area (Å²) in [4.78, 5) is 5.58. The molecule has 11 heteroatoms. The lowest BCUT2D eigenvalue weighted by Gasteiger charge is -2.33. The summed E-state index contributed by atoms with van der Waals surface area (Å²) in [5, 5.41) is 1.52. The van der Waals surface area contributed by atoms with E-state index < -0.39 is 28.5 Å². The summed E-state index contributed by atoms with van der Waals surface area (Å²) in [6.45, 7) is -1.60. The standard InChI is InChI=1S/C25H23ClF3N3O2S2/c26-21-4-2-1-3-20(21)22-12-30-23(35-22)16-6-5-15-10-18-7-8-19(11-17(15)9-16)24(18)13-32(14-25(27,28)29)36(33,34)31-24/h1-6,9,12,18-19,31H,7-8,10-11,13-14H2/t18-,19+,24+/m0/s1. The Morgan fingerprint density at radius 3 is 2.56 bits per heavy atom. The van der Waals surface area contributed by atoms with Gasteiger partial charge in [-0.05, 0) is 60.8 Å². The molecule has 0 radical (unpaired) electrons. The van der Waals surface area contributed by atoms with Crippen molar-refractivity contribution in [3.63, 3.8) is 0 Å². The molecule has 1 aromatic heterocycles. The molecule has 1 saturated heterocycles. The molecule has 5 nitrogen and oxygen atoms in total. The van der Waals surface area contributed by atoms with E-state index in [0.717, 1.165) is 45.0 Å². The van der Waals surface area contributed by atoms with Gasteiger partial charge in [-0.25, -0.2) is 4.98 Å². The van der Waals surface area contributed by atoms with Crippen LogP contribution in [0.15, 0.2) is 48.7 Å². The van der Waals surface area contributed by atoms with Crippen LogP contribution in [0.1, 0.15) is 24.0 Å². The predicted octanol–water partition coefficient (Wildman–Crippen LogP) is 5.71. The molecule has 2 aromatic carbocycles. The quantitative estimate of drug-likeness (QED) is 0.452. The first-order chi connectivity index (χ1) is 17.0. The van der Waals surface area contributed by atoms with Gasteiger partial charge in [0.25, 0.3) is 10.2 Å². The van der Waals surface area contributed by atoms with Crippen LogP contribution >= 0.6 is 22.9 Å². The number of benzene rings is 2. The molecular weight excluding hydrogens is 531 g/mol. The predicted molar refractivity (Wildman–Crippen MR) is 134 cm³/mol. The maximum Gasteiger partial charge on any atom is 0.402 e. The van der Waals surface area contributed by atoms with Crippen LogP contribution in [0.25, 0.3) is 21.0 Å². The Kier molecular flexibility index (Phi) is 5.77. The number of hydrogen-bond acceptors (Lipinski definition) is 4. The summed E-state index contributed by atoms with van der Waals surface area (Å²) < 4.78 is 68.0. The van der Waals surface area contributed by atoms with Gasteiger partial charge in [-0.2, -0.15) is 30.6 Å². The fourth-order valence-electron chi connectivity index (χ4n) is 6.17. The third kappa shape index (κ3) is 4.16. The van der Waals surface area contributed by atoms with Gasteiger partial charge in [0.05, 0.1) is 10.4 Å². The zero-order valence-corrected chi connectivity index (χ0v) is 21.4. The van der Waals surface area contributed by atoms with Gasteiger partial charge in [-0.15, -0.1) is 11.3 Å². The number of alkyl halides is 3. The van der Waals surface area contributed by atoms with Gasteiger partial charge in [-0.3, -0.25) is 0 Å². The van der Waals surface area contributed by atoms with Crippen molar-refractivity contribution in [3.05, 3.63) is 64.8 Å². The lowest BCUT2D eigenvalue weighted by atomic mass is 9.79. The van der Waals surface area contributed by atoms with Crippen LogP contribution in [0.3, 0.4) is 0 Å². The van der Waals surface area contributed by atoms with Crippen molar-refractivity contribution in [3.8, 4) is 21.0 Å². The number of fused-ring (bicyclic) bond motifs is 1. The number of nitrogens with zero attached hydrogens (tertiary/aromatic N) is 2. The summed E-state index contributed by atoms with van der Waals surface area (Å²) in [6.07, 6.45) is 0.0550. The van der Waals surface area contributed by atoms with E-state index in [4.69, 9.17) is 11.6 Å². The third-order valence-corrected chi connectivity index (χ3v) is 10.8. The number of hydrogen-bond donors (Lipinski definition) is 1. The highest BCUT2D eigenvalue weighted by Crippen LogP contribution is 2.51. The van der Waals surface area contributed by atoms with Crippen molar-refractivity contribution < 1.29 is 21.6 Å². The van der Waals surface area contributed by atoms with E-state index in [2.05, 4.69) is 21.8 Å². The van der Waals surface area contributed by atoms with Crippen LogP contribution in [0.4, 0.5) is 13.2 Å². The fraction of sp³-hybridized carbons (Fsp3) is 0.400. The summed E-state index contributed by atoms with van der Waals surface area (Å²) in [7, 11) is -4.19. The Hall–Kier alpha value is -1.98. The van der Waals surface area contributed by atoms with E-state index in [9.17, 15) is 21.6 Å². The minimum Gasteiger partial charge on any atom is -0.244 e. The first kappa shape index (κ1) is 24.4. The van der Waals surface area contributed by atoms with E-state index in [1.54, 1.807) is 11.3 Å². The van der Waals surface area contributed by atoms with Crippen molar-refractivity contribution in [1.82, 2.24) is 14.0 Å². The van der Waals surface area contributed by atoms with Crippen LogP contribution in [0, 0.1) is 11.8 Å². The highest BCUT2D eigenvalue weighted by atomic mass is 35.5. The van der Waals surface area contributed by atoms with E-state index >= 15 is 0 Å². The van der Waals surface area contributed by atoms with Gasteiger partial charge in [0.2, 0.25) is 0 Å². The summed E-state index contributed by atoms with van der Waals surface area (Å²) >= 11 is 7.90. The zero-order chi connectivity index (χ0) is 25.3. The van der Waals surface area contributed by atoms with Crippen LogP contribution in [-0.4, -0.2) is 42.5 Å². The number of aromatic nitrogens is 1. The average Bonchev–Trinajstić information content (AvgIpc) is 3.43. The Morgan fingerprint density at radius 1 is 1.11 bits per heavy atom. The molecule has 2 aliphatic carbocycles. The lowest BCUT2D eigenvalue weighted by molar-refractivity contribution is -0.136. The van der Waals surface area contributed by atoms with Crippen LogP contribution in [0.5, 0.6) is 0 Å². The molecule has 0 amide bonds. The minimum atomic E-state index is -4.58. The van der Waals surface area contributed by atoms with Gasteiger partial charge in [-0.1, -0.05) is 41.9 Å². The van der Waals surface area contributed by atoms with Crippen LogP contribution in [-0.2, 0) is 23.1 Å². The lowest BCUT2D eigenvalue weighted by Crippen LogP contribution is -2.52. The molecule has 6 rings (SSSR count). The molecular formula is C25H23ClF3N3O2S2. The molecule has 190 valence electrons. The monoisotopic (exact) mass is 553 g/mol. The Bertz CT molecular complexity index is 1440. The van der Waals surface area contributed by atoms with Gasteiger partial charge in [0.1, 0.15) is 11.6 Å². The highest BCUT2D eigenvalue weighted by molar-refractivity contribution is 7.87. The van der Waals surface area contributed by atoms with Crippen molar-refractivity contribution >= 4 is 33.1 Å². The number of thiazole rings is 1. The maximum atomic E-state index is 13.1. The van der Waals surface area contributed by atoms with Gasteiger partial charge >= 0.3 is 6.18 Å². The molecule has 3 atom stereocenters. The van der Waals surface area contributed by atoms with Gasteiger partial charge < -0.3 is 0 Å². The first-order valence-electron chi connectivity index (χ1n) is 11.7. The van der Waals surface area contributed by atoms with E-state index in [-0.39, 0.29) is 18.4 Å². The Labute approximate surface area is 216 Å². The molecule has 1 N–H and O–H groups in total. The normalized spacial score (nSPS) is 27.3. The molecule has 1 aliphatic heterocycles. The maximum absolute atomic E-state index is 13.1. The molecule has 0 unspecified atom stereocenters. The minimum absolute atomic E-state index is 0.0469. The molecule has 1 spiro atoms. The van der Waals surface area contributed by atoms with Crippen molar-refractivity contribution in [2.45, 2.75) is 37.4 Å². The van der Waals surface area contributed by atoms with E-state index in [1.165, 1.54) is 0 Å². The molecule has 2 heterocycles. The molecule has 36 heavy (non-hydrogen) atoms. The number of halogens is 4. The summed E-state index contributed by atoms with van der Waals surface area (Å²) in [5.74, 6) is -0.115. The van der Waals surface area contributed by atoms with E-state index in [1.807, 2.05) is 36.5 Å². The molecule has 2 bridgehead atoms. The van der Waals surface area contributed by atoms with Crippen LogP contribution in [0.2, 0.25) is 5.02 Å². The molecule has 3 aromatic rings. The largest absolute Gasteiger partial charge is 0.402 e. The summed E-state index contributed by atoms with van der Waals surface area (Å²) in [5.41, 5.74) is 3.26. The van der Waals surface area contributed by atoms with Crippen LogP contribution < -0.4 is 4.72 Å². The van der Waals surface area contributed by atoms with Crippen molar-refractivity contribution in [2.24, 2.45) is 11.8 Å². The zero-order valence-electron chi connectivity index (χ0n) is 19.1. The van der Waals surface area contributed by atoms with E-state index in [0.29, 0.717) is 22.2 Å². The first-order valence-corrected chi connectivity index (χ1v) is 14.4. The second-order valence-corrected chi connectivity index (χ2v) is 13.0. The van der Waals surface area contributed by atoms with Crippen molar-refractivity contribution in [2.75, 3.05) is 13.1 Å². The SMILES string of the molecule is O=S1(=O)N[C@@]2(CN1CC(F)(F)F)[C@@H]1CC[C@H]2Cc2ccc(-c3ncc(-c4ccccc4Cl)s3)cc2C1. The fourth-order valence-corrected chi connectivity index (χ4v) is 9.12. The Balaban J connectivity index is 1.30. The Morgan fingerprint density at radius 2 is 1.83 bits per heavy atom. The third-order valence-electron chi connectivity index (χ3n) is 7.80. The van der Waals surface area contributed by atoms with Gasteiger partial charge in [0, 0.05) is 28.9 Å².